The van der Waals surface area contributed by atoms with E-state index in [-0.39, 0.29) is 28.9 Å². The second-order valence-corrected chi connectivity index (χ2v) is 7.85. The molecular formula is C23H22ClN5O4. The molecule has 0 bridgehead atoms. The quantitative estimate of drug-likeness (QED) is 0.400. The molecule has 10 heteroatoms. The van der Waals surface area contributed by atoms with Gasteiger partial charge in [-0.1, -0.05) is 49.2 Å². The summed E-state index contributed by atoms with van der Waals surface area (Å²) in [5, 5.41) is 1.57. The minimum absolute atomic E-state index is 0.0235. The van der Waals surface area contributed by atoms with Crippen molar-refractivity contribution in [2.75, 3.05) is 10.6 Å². The maximum absolute atomic E-state index is 13.6. The summed E-state index contributed by atoms with van der Waals surface area (Å²) in [5.41, 5.74) is 4.72. The number of aromatic amines is 1. The summed E-state index contributed by atoms with van der Waals surface area (Å²) in [6, 6.07) is 12.2. The van der Waals surface area contributed by atoms with Gasteiger partial charge in [-0.25, -0.2) is 9.78 Å². The number of unbranched alkanes of at least 4 members (excludes halogenated alkanes) is 1. The molecule has 4 rings (SSSR count). The van der Waals surface area contributed by atoms with Gasteiger partial charge in [0.15, 0.2) is 5.69 Å². The van der Waals surface area contributed by atoms with E-state index in [2.05, 4.69) is 9.97 Å². The van der Waals surface area contributed by atoms with Gasteiger partial charge in [0.25, 0.3) is 11.5 Å². The van der Waals surface area contributed by atoms with Gasteiger partial charge in [-0.05, 0) is 30.0 Å². The predicted octanol–water partition coefficient (Wildman–Crippen LogP) is 3.56. The lowest BCUT2D eigenvalue weighted by Crippen LogP contribution is -2.41. The van der Waals surface area contributed by atoms with Crippen molar-refractivity contribution in [1.29, 1.82) is 0 Å². The Balaban J connectivity index is 1.87. The van der Waals surface area contributed by atoms with Crippen LogP contribution in [0.3, 0.4) is 0 Å². The Morgan fingerprint density at radius 2 is 2.03 bits per heavy atom. The summed E-state index contributed by atoms with van der Waals surface area (Å²) < 4.78 is 6.66. The van der Waals surface area contributed by atoms with E-state index in [9.17, 15) is 14.4 Å². The monoisotopic (exact) mass is 467 g/mol. The van der Waals surface area contributed by atoms with Gasteiger partial charge in [-0.2, -0.15) is 0 Å². The highest BCUT2D eigenvalue weighted by atomic mass is 35.5. The summed E-state index contributed by atoms with van der Waals surface area (Å²) in [5.74, 6) is -0.304. The third kappa shape index (κ3) is 4.40. The fourth-order valence-corrected chi connectivity index (χ4v) is 3.85. The number of carbonyl (C=O) groups excluding carboxylic acids is 1. The number of halogens is 1. The minimum Gasteiger partial charge on any atom is -0.467 e. The van der Waals surface area contributed by atoms with E-state index in [1.54, 1.807) is 24.3 Å². The largest absolute Gasteiger partial charge is 0.467 e. The molecule has 1 aromatic carbocycles. The van der Waals surface area contributed by atoms with Crippen molar-refractivity contribution in [3.8, 4) is 0 Å². The zero-order valence-corrected chi connectivity index (χ0v) is 18.6. The molecule has 0 saturated heterocycles. The Morgan fingerprint density at radius 3 is 2.76 bits per heavy atom. The normalized spacial score (nSPS) is 11.1. The number of anilines is 2. The zero-order valence-electron chi connectivity index (χ0n) is 17.9. The number of nitrogen functional groups attached to an aromatic ring is 1. The van der Waals surface area contributed by atoms with E-state index in [0.29, 0.717) is 29.5 Å². The second kappa shape index (κ2) is 9.33. The Morgan fingerprint density at radius 1 is 1.24 bits per heavy atom. The lowest BCUT2D eigenvalue weighted by atomic mass is 10.1. The molecule has 3 aromatic heterocycles. The number of carbonyl (C=O) groups is 1. The summed E-state index contributed by atoms with van der Waals surface area (Å²) in [6.45, 7) is 2.17. The van der Waals surface area contributed by atoms with Crippen molar-refractivity contribution in [2.24, 2.45) is 0 Å². The van der Waals surface area contributed by atoms with Gasteiger partial charge in [0.2, 0.25) is 0 Å². The molecule has 4 aromatic rings. The summed E-state index contributed by atoms with van der Waals surface area (Å²) in [4.78, 5) is 46.5. The second-order valence-electron chi connectivity index (χ2n) is 7.49. The predicted molar refractivity (Wildman–Crippen MR) is 127 cm³/mol. The van der Waals surface area contributed by atoms with Crippen LogP contribution in [0.5, 0.6) is 0 Å². The first-order valence-electron chi connectivity index (χ1n) is 10.4. The van der Waals surface area contributed by atoms with Crippen molar-refractivity contribution in [2.45, 2.75) is 32.9 Å². The number of fused-ring (bicyclic) bond motifs is 1. The molecular weight excluding hydrogens is 446 g/mol. The van der Waals surface area contributed by atoms with Crippen molar-refractivity contribution in [3.05, 3.63) is 86.2 Å². The van der Waals surface area contributed by atoms with Gasteiger partial charge in [0, 0.05) is 11.9 Å². The van der Waals surface area contributed by atoms with Gasteiger partial charge >= 0.3 is 5.69 Å². The summed E-state index contributed by atoms with van der Waals surface area (Å²) in [6.07, 6.45) is 2.94. The molecule has 1 amide bonds. The fourth-order valence-electron chi connectivity index (χ4n) is 3.59. The molecule has 0 atom stereocenters. The molecule has 33 heavy (non-hydrogen) atoms. The third-order valence-corrected chi connectivity index (χ3v) is 5.56. The molecule has 0 spiro atoms. The first-order valence-corrected chi connectivity index (χ1v) is 10.8. The van der Waals surface area contributed by atoms with Crippen LogP contribution in [0.25, 0.3) is 10.8 Å². The molecule has 0 fully saturated rings. The van der Waals surface area contributed by atoms with Crippen LogP contribution >= 0.6 is 11.6 Å². The number of furan rings is 1. The molecule has 0 saturated carbocycles. The molecule has 0 unspecified atom stereocenters. The van der Waals surface area contributed by atoms with E-state index < -0.39 is 17.2 Å². The van der Waals surface area contributed by atoms with E-state index in [1.807, 2.05) is 25.1 Å². The smallest absolute Gasteiger partial charge is 0.330 e. The van der Waals surface area contributed by atoms with Crippen LogP contribution in [-0.4, -0.2) is 20.4 Å². The summed E-state index contributed by atoms with van der Waals surface area (Å²) in [7, 11) is 0. The van der Waals surface area contributed by atoms with Gasteiger partial charge in [-0.15, -0.1) is 0 Å². The van der Waals surface area contributed by atoms with Crippen LogP contribution in [-0.2, 0) is 13.1 Å². The van der Waals surface area contributed by atoms with Crippen LogP contribution in [0, 0.1) is 0 Å². The number of nitrogens with zero attached hydrogens (tertiary/aromatic N) is 3. The van der Waals surface area contributed by atoms with E-state index in [4.69, 9.17) is 21.8 Å². The molecule has 9 nitrogen and oxygen atoms in total. The number of benzene rings is 1. The van der Waals surface area contributed by atoms with Crippen LogP contribution in [0.1, 0.15) is 36.0 Å². The van der Waals surface area contributed by atoms with Gasteiger partial charge in [0.1, 0.15) is 22.4 Å². The summed E-state index contributed by atoms with van der Waals surface area (Å²) >= 11 is 6.33. The number of nitrogens with two attached hydrogens (primary N) is 1. The maximum atomic E-state index is 13.6. The average Bonchev–Trinajstić information content (AvgIpc) is 3.31. The zero-order chi connectivity index (χ0) is 23.5. The topological polar surface area (TPSA) is 127 Å². The maximum Gasteiger partial charge on any atom is 0.330 e. The van der Waals surface area contributed by atoms with Crippen molar-refractivity contribution < 1.29 is 9.21 Å². The Bertz CT molecular complexity index is 1430. The van der Waals surface area contributed by atoms with Gasteiger partial charge < -0.3 is 10.2 Å². The lowest BCUT2D eigenvalue weighted by molar-refractivity contribution is 0.0978. The van der Waals surface area contributed by atoms with Gasteiger partial charge in [0.05, 0.1) is 12.8 Å². The lowest BCUT2D eigenvalue weighted by Gasteiger charge is -2.23. The highest BCUT2D eigenvalue weighted by molar-refractivity contribution is 6.34. The SMILES string of the molecule is CCCCn1c(N)c(N(Cc2ccco2)C(=O)c2cc3ccccc3c(Cl)n2)c(=O)[nH]c1=O. The van der Waals surface area contributed by atoms with E-state index in [0.717, 1.165) is 11.3 Å². The van der Waals surface area contributed by atoms with E-state index in [1.165, 1.54) is 10.8 Å². The number of aromatic nitrogens is 3. The van der Waals surface area contributed by atoms with Crippen molar-refractivity contribution in [1.82, 2.24) is 14.5 Å². The van der Waals surface area contributed by atoms with Crippen LogP contribution in [0.2, 0.25) is 5.15 Å². The van der Waals surface area contributed by atoms with Crippen LogP contribution in [0.4, 0.5) is 11.5 Å². The number of nitrogens with one attached hydrogen (secondary N) is 1. The standard InChI is InChI=1S/C23H22ClN5O4/c1-2-3-10-28-20(25)18(21(30)27-23(28)32)29(13-15-8-6-11-33-15)22(31)17-12-14-7-4-5-9-16(14)19(24)26-17/h4-9,11-12H,2-3,10,13,25H2,1H3,(H,27,30,32). The van der Waals surface area contributed by atoms with Crippen LogP contribution < -0.4 is 21.9 Å². The Kier molecular flexibility index (Phi) is 6.32. The van der Waals surface area contributed by atoms with Crippen molar-refractivity contribution in [3.63, 3.8) is 0 Å². The molecule has 0 radical (unpaired) electrons. The number of hydrogen-bond donors (Lipinski definition) is 2. The molecule has 0 aliphatic heterocycles. The molecule has 0 aliphatic rings. The first-order chi connectivity index (χ1) is 15.9. The fraction of sp³-hybridized carbons (Fsp3) is 0.217. The first kappa shape index (κ1) is 22.3. The average molecular weight is 468 g/mol. The number of pyridine rings is 1. The number of rotatable bonds is 7. The van der Waals surface area contributed by atoms with E-state index >= 15 is 0 Å². The molecule has 170 valence electrons. The third-order valence-electron chi connectivity index (χ3n) is 5.27. The highest BCUT2D eigenvalue weighted by Gasteiger charge is 2.27. The molecule has 0 aliphatic carbocycles. The van der Waals surface area contributed by atoms with Crippen molar-refractivity contribution >= 4 is 39.8 Å². The molecule has 3 N–H and O–H groups in total. The van der Waals surface area contributed by atoms with Crippen LogP contribution in [0.15, 0.2) is 62.7 Å². The Labute approximate surface area is 193 Å². The highest BCUT2D eigenvalue weighted by Crippen LogP contribution is 2.26. The number of amides is 1. The molecule has 3 heterocycles. The minimum atomic E-state index is -0.781. The van der Waals surface area contributed by atoms with Gasteiger partial charge in [-0.3, -0.25) is 24.0 Å². The Hall–Kier alpha value is -3.85. The number of H-pyrrole nitrogens is 1. The number of hydrogen-bond acceptors (Lipinski definition) is 6.